The standard InChI is InChI=1S/C25H19FN2O4/c1-31-23-14-17(13-19(15-27)20-9-5-6-10-21(20)26)11-12-22(23)32-24(29)16-28-25(30)18-7-3-2-4-8-18/h2-14H,16H2,1H3,(H,28,30)/b19-13-. The predicted molar refractivity (Wildman–Crippen MR) is 117 cm³/mol. The third-order valence-electron chi connectivity index (χ3n) is 4.44. The second kappa shape index (κ2) is 10.5. The van der Waals surface area contributed by atoms with Gasteiger partial charge in [-0.25, -0.2) is 9.18 Å². The van der Waals surface area contributed by atoms with E-state index in [1.165, 1.54) is 31.4 Å². The van der Waals surface area contributed by atoms with Gasteiger partial charge in [-0.05, 0) is 42.0 Å². The highest BCUT2D eigenvalue weighted by molar-refractivity contribution is 5.96. The van der Waals surface area contributed by atoms with Gasteiger partial charge in [0.15, 0.2) is 11.5 Å². The summed E-state index contributed by atoms with van der Waals surface area (Å²) in [5, 5.41) is 11.9. The van der Waals surface area contributed by atoms with Crippen LogP contribution < -0.4 is 14.8 Å². The zero-order valence-corrected chi connectivity index (χ0v) is 17.2. The Morgan fingerprint density at radius 1 is 1.03 bits per heavy atom. The zero-order valence-electron chi connectivity index (χ0n) is 17.2. The lowest BCUT2D eigenvalue weighted by Gasteiger charge is -2.11. The van der Waals surface area contributed by atoms with Crippen molar-refractivity contribution < 1.29 is 23.5 Å². The summed E-state index contributed by atoms with van der Waals surface area (Å²) in [6, 6.07) is 21.1. The first kappa shape index (κ1) is 22.2. The quantitative estimate of drug-likeness (QED) is 0.262. The molecule has 0 saturated heterocycles. The molecule has 0 atom stereocenters. The van der Waals surface area contributed by atoms with Gasteiger partial charge in [-0.1, -0.05) is 42.5 Å². The molecular formula is C25H19FN2O4. The fraction of sp³-hybridized carbons (Fsp3) is 0.0800. The number of esters is 1. The van der Waals surface area contributed by atoms with Crippen LogP contribution in [0, 0.1) is 17.1 Å². The van der Waals surface area contributed by atoms with Crippen molar-refractivity contribution in [1.82, 2.24) is 5.32 Å². The van der Waals surface area contributed by atoms with E-state index in [1.807, 2.05) is 6.07 Å². The first-order valence-corrected chi connectivity index (χ1v) is 9.60. The molecule has 3 aromatic rings. The highest BCUT2D eigenvalue weighted by Crippen LogP contribution is 2.30. The SMILES string of the molecule is COc1cc(/C=C(/C#N)c2ccccc2F)ccc1OC(=O)CNC(=O)c1ccccc1. The van der Waals surface area contributed by atoms with E-state index in [4.69, 9.17) is 9.47 Å². The van der Waals surface area contributed by atoms with E-state index in [-0.39, 0.29) is 29.2 Å². The summed E-state index contributed by atoms with van der Waals surface area (Å²) in [6.45, 7) is -0.329. The molecule has 0 aliphatic carbocycles. The number of nitriles is 1. The maximum Gasteiger partial charge on any atom is 0.330 e. The summed E-state index contributed by atoms with van der Waals surface area (Å²) >= 11 is 0. The number of ether oxygens (including phenoxy) is 2. The van der Waals surface area contributed by atoms with Crippen LogP contribution in [0.1, 0.15) is 21.5 Å². The second-order valence-corrected chi connectivity index (χ2v) is 6.58. The number of allylic oxidation sites excluding steroid dienone is 1. The molecule has 0 saturated carbocycles. The number of hydrogen-bond donors (Lipinski definition) is 1. The normalized spacial score (nSPS) is 10.7. The number of hydrogen-bond acceptors (Lipinski definition) is 5. The molecule has 0 fully saturated rings. The number of benzene rings is 3. The van der Waals surface area contributed by atoms with Crippen LogP contribution in [0.2, 0.25) is 0 Å². The molecule has 3 aromatic carbocycles. The molecule has 160 valence electrons. The lowest BCUT2D eigenvalue weighted by atomic mass is 10.0. The number of methoxy groups -OCH3 is 1. The van der Waals surface area contributed by atoms with Gasteiger partial charge >= 0.3 is 5.97 Å². The molecule has 7 heteroatoms. The number of amides is 1. The van der Waals surface area contributed by atoms with E-state index in [0.717, 1.165) is 0 Å². The van der Waals surface area contributed by atoms with Crippen molar-refractivity contribution in [2.75, 3.05) is 13.7 Å². The predicted octanol–water partition coefficient (Wildman–Crippen LogP) is 4.23. The monoisotopic (exact) mass is 430 g/mol. The van der Waals surface area contributed by atoms with Crippen LogP contribution in [0.3, 0.4) is 0 Å². The van der Waals surface area contributed by atoms with Crippen molar-refractivity contribution in [3.05, 3.63) is 95.3 Å². The van der Waals surface area contributed by atoms with E-state index in [9.17, 15) is 19.2 Å². The first-order valence-electron chi connectivity index (χ1n) is 9.60. The minimum Gasteiger partial charge on any atom is -0.493 e. The molecular weight excluding hydrogens is 411 g/mol. The molecule has 1 amide bonds. The van der Waals surface area contributed by atoms with Gasteiger partial charge in [-0.2, -0.15) is 5.26 Å². The summed E-state index contributed by atoms with van der Waals surface area (Å²) in [6.07, 6.45) is 1.51. The van der Waals surface area contributed by atoms with Gasteiger partial charge in [-0.3, -0.25) is 4.79 Å². The smallest absolute Gasteiger partial charge is 0.330 e. The molecule has 0 unspecified atom stereocenters. The van der Waals surface area contributed by atoms with E-state index >= 15 is 0 Å². The van der Waals surface area contributed by atoms with Crippen LogP contribution in [0.15, 0.2) is 72.8 Å². The molecule has 0 aliphatic heterocycles. The summed E-state index contributed by atoms with van der Waals surface area (Å²) in [5.41, 5.74) is 1.30. The Bertz CT molecular complexity index is 1200. The average molecular weight is 430 g/mol. The van der Waals surface area contributed by atoms with E-state index in [1.54, 1.807) is 54.6 Å². The molecule has 32 heavy (non-hydrogen) atoms. The highest BCUT2D eigenvalue weighted by atomic mass is 19.1. The van der Waals surface area contributed by atoms with Crippen molar-refractivity contribution in [2.24, 2.45) is 0 Å². The largest absolute Gasteiger partial charge is 0.493 e. The van der Waals surface area contributed by atoms with Gasteiger partial charge in [0.05, 0.1) is 18.8 Å². The van der Waals surface area contributed by atoms with Crippen molar-refractivity contribution in [2.45, 2.75) is 0 Å². The maximum atomic E-state index is 14.0. The van der Waals surface area contributed by atoms with Gasteiger partial charge in [0, 0.05) is 11.1 Å². The Morgan fingerprint density at radius 3 is 2.44 bits per heavy atom. The Balaban J connectivity index is 1.71. The lowest BCUT2D eigenvalue weighted by molar-refractivity contribution is -0.133. The van der Waals surface area contributed by atoms with Crippen molar-refractivity contribution >= 4 is 23.5 Å². The third-order valence-corrected chi connectivity index (χ3v) is 4.44. The zero-order chi connectivity index (χ0) is 22.9. The minimum absolute atomic E-state index is 0.138. The van der Waals surface area contributed by atoms with Crippen molar-refractivity contribution in [3.63, 3.8) is 0 Å². The minimum atomic E-state index is -0.681. The number of nitrogens with zero attached hydrogens (tertiary/aromatic N) is 1. The Hall–Kier alpha value is -4.44. The van der Waals surface area contributed by atoms with Crippen molar-refractivity contribution in [3.8, 4) is 17.6 Å². The first-order chi connectivity index (χ1) is 15.5. The molecule has 0 spiro atoms. The molecule has 0 radical (unpaired) electrons. The Morgan fingerprint density at radius 2 is 1.75 bits per heavy atom. The second-order valence-electron chi connectivity index (χ2n) is 6.58. The third kappa shape index (κ3) is 5.58. The summed E-state index contributed by atoms with van der Waals surface area (Å²) < 4.78 is 24.6. The molecule has 0 heterocycles. The fourth-order valence-corrected chi connectivity index (χ4v) is 2.88. The summed E-state index contributed by atoms with van der Waals surface area (Å²) in [7, 11) is 1.40. The Labute approximate surface area is 184 Å². The lowest BCUT2D eigenvalue weighted by Crippen LogP contribution is -2.31. The fourth-order valence-electron chi connectivity index (χ4n) is 2.88. The highest BCUT2D eigenvalue weighted by Gasteiger charge is 2.13. The topological polar surface area (TPSA) is 88.4 Å². The summed E-state index contributed by atoms with van der Waals surface area (Å²) in [4.78, 5) is 24.2. The van der Waals surface area contributed by atoms with Crippen LogP contribution in [-0.2, 0) is 4.79 Å². The van der Waals surface area contributed by atoms with Gasteiger partial charge in [-0.15, -0.1) is 0 Å². The van der Waals surface area contributed by atoms with Gasteiger partial charge in [0.1, 0.15) is 12.4 Å². The number of carbonyl (C=O) groups excluding carboxylic acids is 2. The van der Waals surface area contributed by atoms with Gasteiger partial charge in [0.25, 0.3) is 5.91 Å². The molecule has 0 aromatic heterocycles. The van der Waals surface area contributed by atoms with Crippen LogP contribution in [0.25, 0.3) is 11.6 Å². The number of nitrogens with one attached hydrogen (secondary N) is 1. The molecule has 3 rings (SSSR count). The van der Waals surface area contributed by atoms with Gasteiger partial charge in [0.2, 0.25) is 0 Å². The van der Waals surface area contributed by atoms with Crippen LogP contribution in [0.5, 0.6) is 11.5 Å². The van der Waals surface area contributed by atoms with Crippen molar-refractivity contribution in [1.29, 1.82) is 5.26 Å². The van der Waals surface area contributed by atoms with E-state index in [0.29, 0.717) is 11.1 Å². The number of carbonyl (C=O) groups is 2. The van der Waals surface area contributed by atoms with Crippen LogP contribution in [0.4, 0.5) is 4.39 Å². The molecule has 6 nitrogen and oxygen atoms in total. The molecule has 0 aliphatic rings. The van der Waals surface area contributed by atoms with E-state index in [2.05, 4.69) is 5.32 Å². The van der Waals surface area contributed by atoms with Gasteiger partial charge < -0.3 is 14.8 Å². The number of rotatable bonds is 7. The number of halogens is 1. The summed E-state index contributed by atoms with van der Waals surface area (Å²) in [5.74, 6) is -1.19. The average Bonchev–Trinajstić information content (AvgIpc) is 2.82. The van der Waals surface area contributed by atoms with E-state index < -0.39 is 17.7 Å². The molecule has 1 N–H and O–H groups in total. The van der Waals surface area contributed by atoms with Crippen LogP contribution in [-0.4, -0.2) is 25.5 Å². The Kier molecular flexibility index (Phi) is 7.33. The maximum absolute atomic E-state index is 14.0. The van der Waals surface area contributed by atoms with Crippen LogP contribution >= 0.6 is 0 Å². The molecule has 0 bridgehead atoms.